The molecule has 4 heteroatoms. The van der Waals surface area contributed by atoms with Crippen molar-refractivity contribution in [1.82, 2.24) is 0 Å². The van der Waals surface area contributed by atoms with Crippen molar-refractivity contribution < 1.29 is 9.47 Å². The zero-order valence-corrected chi connectivity index (χ0v) is 14.1. The van der Waals surface area contributed by atoms with Crippen LogP contribution in [0.5, 0.6) is 5.75 Å². The lowest BCUT2D eigenvalue weighted by Crippen LogP contribution is -2.57. The summed E-state index contributed by atoms with van der Waals surface area (Å²) in [6.07, 6.45) is 0.111. The van der Waals surface area contributed by atoms with Crippen LogP contribution in [0.2, 0.25) is 0 Å². The fraction of sp³-hybridized carbons (Fsp3) is 0.647. The molecule has 1 saturated heterocycles. The highest BCUT2D eigenvalue weighted by molar-refractivity contribution is 5.74. The largest absolute Gasteiger partial charge is 0.489 e. The van der Waals surface area contributed by atoms with Gasteiger partial charge in [-0.2, -0.15) is 0 Å². The number of nitrogens with two attached hydrogens (primary N) is 1. The molecule has 1 aromatic rings. The number of rotatable bonds is 3. The predicted octanol–water partition coefficient (Wildman–Crippen LogP) is 3.45. The van der Waals surface area contributed by atoms with Gasteiger partial charge in [0.2, 0.25) is 0 Å². The van der Waals surface area contributed by atoms with Gasteiger partial charge in [-0.15, -0.1) is 0 Å². The summed E-state index contributed by atoms with van der Waals surface area (Å²) in [7, 11) is 0. The molecule has 21 heavy (non-hydrogen) atoms. The first-order valence-corrected chi connectivity index (χ1v) is 7.60. The number of anilines is 2. The van der Waals surface area contributed by atoms with Gasteiger partial charge in [0.15, 0.2) is 0 Å². The molecule has 1 aliphatic rings. The topological polar surface area (TPSA) is 47.7 Å². The van der Waals surface area contributed by atoms with Crippen LogP contribution in [0, 0.1) is 0 Å². The highest BCUT2D eigenvalue weighted by atomic mass is 16.5. The van der Waals surface area contributed by atoms with Crippen LogP contribution in [-0.4, -0.2) is 30.4 Å². The Morgan fingerprint density at radius 3 is 2.24 bits per heavy atom. The van der Waals surface area contributed by atoms with E-state index >= 15 is 0 Å². The van der Waals surface area contributed by atoms with Gasteiger partial charge in [0.05, 0.1) is 28.7 Å². The number of nitrogens with zero attached hydrogens (tertiary/aromatic N) is 1. The van der Waals surface area contributed by atoms with Gasteiger partial charge in [0.25, 0.3) is 0 Å². The maximum Gasteiger partial charge on any atom is 0.144 e. The SMILES string of the molecule is CC(C)Oc1cccc(N2CC(C)(C)OC(C)(C)C2)c1N. The van der Waals surface area contributed by atoms with Crippen LogP contribution < -0.4 is 15.4 Å². The van der Waals surface area contributed by atoms with Gasteiger partial charge in [0.1, 0.15) is 5.75 Å². The summed E-state index contributed by atoms with van der Waals surface area (Å²) in [6.45, 7) is 14.1. The second-order valence-electron chi connectivity index (χ2n) is 7.33. The summed E-state index contributed by atoms with van der Waals surface area (Å²) in [4.78, 5) is 2.30. The quantitative estimate of drug-likeness (QED) is 0.867. The molecule has 1 aromatic carbocycles. The standard InChI is InChI=1S/C17H28N2O2/c1-12(2)20-14-9-7-8-13(15(14)18)19-10-16(3,4)21-17(5,6)11-19/h7-9,12H,10-11,18H2,1-6H3. The Bertz CT molecular complexity index is 494. The molecule has 0 radical (unpaired) electrons. The van der Waals surface area contributed by atoms with Crippen molar-refractivity contribution in [3.63, 3.8) is 0 Å². The minimum atomic E-state index is -0.205. The normalized spacial score (nSPS) is 20.6. The number of benzene rings is 1. The molecular weight excluding hydrogens is 264 g/mol. The Morgan fingerprint density at radius 2 is 1.71 bits per heavy atom. The summed E-state index contributed by atoms with van der Waals surface area (Å²) in [5.41, 5.74) is 7.66. The second-order valence-corrected chi connectivity index (χ2v) is 7.33. The molecular formula is C17H28N2O2. The summed E-state index contributed by atoms with van der Waals surface area (Å²) in [5.74, 6) is 0.754. The number of hydrogen-bond donors (Lipinski definition) is 1. The molecule has 0 aromatic heterocycles. The molecule has 0 saturated carbocycles. The van der Waals surface area contributed by atoms with Gasteiger partial charge in [-0.1, -0.05) is 6.07 Å². The van der Waals surface area contributed by atoms with Gasteiger partial charge >= 0.3 is 0 Å². The molecule has 118 valence electrons. The van der Waals surface area contributed by atoms with E-state index in [4.69, 9.17) is 15.2 Å². The van der Waals surface area contributed by atoms with E-state index in [9.17, 15) is 0 Å². The monoisotopic (exact) mass is 292 g/mol. The third-order valence-corrected chi connectivity index (χ3v) is 3.44. The first kappa shape index (κ1) is 16.0. The van der Waals surface area contributed by atoms with Crippen molar-refractivity contribution in [2.45, 2.75) is 58.8 Å². The van der Waals surface area contributed by atoms with E-state index in [0.717, 1.165) is 24.5 Å². The molecule has 0 bridgehead atoms. The van der Waals surface area contributed by atoms with Gasteiger partial charge in [-0.05, 0) is 53.7 Å². The van der Waals surface area contributed by atoms with Gasteiger partial charge in [0, 0.05) is 13.1 Å². The van der Waals surface area contributed by atoms with Gasteiger partial charge < -0.3 is 20.1 Å². The number of nitrogen functional groups attached to an aromatic ring is 1. The number of hydrogen-bond acceptors (Lipinski definition) is 4. The summed E-state index contributed by atoms with van der Waals surface area (Å²) in [5, 5.41) is 0. The average molecular weight is 292 g/mol. The molecule has 0 atom stereocenters. The maximum absolute atomic E-state index is 6.33. The molecule has 1 aliphatic heterocycles. The van der Waals surface area contributed by atoms with Crippen LogP contribution in [0.25, 0.3) is 0 Å². The fourth-order valence-electron chi connectivity index (χ4n) is 3.12. The Balaban J connectivity index is 2.33. The van der Waals surface area contributed by atoms with Crippen LogP contribution >= 0.6 is 0 Å². The molecule has 0 amide bonds. The van der Waals surface area contributed by atoms with Crippen molar-refractivity contribution in [3.8, 4) is 5.75 Å². The Hall–Kier alpha value is -1.42. The van der Waals surface area contributed by atoms with Crippen LogP contribution in [0.4, 0.5) is 11.4 Å². The van der Waals surface area contributed by atoms with Crippen molar-refractivity contribution >= 4 is 11.4 Å². The smallest absolute Gasteiger partial charge is 0.144 e. The van der Waals surface area contributed by atoms with Crippen molar-refractivity contribution in [1.29, 1.82) is 0 Å². The molecule has 1 fully saturated rings. The van der Waals surface area contributed by atoms with Crippen molar-refractivity contribution in [3.05, 3.63) is 18.2 Å². The average Bonchev–Trinajstić information content (AvgIpc) is 2.27. The number of morpholine rings is 1. The molecule has 1 heterocycles. The minimum Gasteiger partial charge on any atom is -0.489 e. The predicted molar refractivity (Wildman–Crippen MR) is 88.1 cm³/mol. The van der Waals surface area contributed by atoms with E-state index in [1.54, 1.807) is 0 Å². The fourth-order valence-corrected chi connectivity index (χ4v) is 3.12. The highest BCUT2D eigenvalue weighted by Gasteiger charge is 2.38. The first-order valence-electron chi connectivity index (χ1n) is 7.60. The lowest BCUT2D eigenvalue weighted by molar-refractivity contribution is -0.133. The molecule has 4 nitrogen and oxygen atoms in total. The molecule has 0 aliphatic carbocycles. The van der Waals surface area contributed by atoms with Crippen molar-refractivity contribution in [2.24, 2.45) is 0 Å². The maximum atomic E-state index is 6.33. The lowest BCUT2D eigenvalue weighted by atomic mass is 9.98. The summed E-state index contributed by atoms with van der Waals surface area (Å²) in [6, 6.07) is 5.98. The Morgan fingerprint density at radius 1 is 1.14 bits per heavy atom. The molecule has 0 spiro atoms. The van der Waals surface area contributed by atoms with E-state index in [1.807, 2.05) is 26.0 Å². The first-order chi connectivity index (χ1) is 9.60. The van der Waals surface area contributed by atoms with E-state index in [2.05, 4.69) is 38.7 Å². The highest BCUT2D eigenvalue weighted by Crippen LogP contribution is 2.37. The van der Waals surface area contributed by atoms with Crippen LogP contribution in [0.15, 0.2) is 18.2 Å². The third-order valence-electron chi connectivity index (χ3n) is 3.44. The zero-order chi connectivity index (χ0) is 15.8. The van der Waals surface area contributed by atoms with Gasteiger partial charge in [-0.25, -0.2) is 0 Å². The zero-order valence-electron chi connectivity index (χ0n) is 14.1. The van der Waals surface area contributed by atoms with Gasteiger partial charge in [-0.3, -0.25) is 0 Å². The Kier molecular flexibility index (Phi) is 4.11. The third kappa shape index (κ3) is 3.82. The molecule has 0 unspecified atom stereocenters. The minimum absolute atomic E-state index is 0.111. The molecule has 2 N–H and O–H groups in total. The van der Waals surface area contributed by atoms with Crippen molar-refractivity contribution in [2.75, 3.05) is 23.7 Å². The number of para-hydroxylation sites is 1. The Labute approximate surface area is 128 Å². The van der Waals surface area contributed by atoms with Crippen LogP contribution in [0.1, 0.15) is 41.5 Å². The number of ether oxygens (including phenoxy) is 2. The summed E-state index contributed by atoms with van der Waals surface area (Å²) < 4.78 is 11.9. The molecule has 2 rings (SSSR count). The van der Waals surface area contributed by atoms with E-state index < -0.39 is 0 Å². The summed E-state index contributed by atoms with van der Waals surface area (Å²) >= 11 is 0. The van der Waals surface area contributed by atoms with Crippen LogP contribution in [-0.2, 0) is 4.74 Å². The second kappa shape index (κ2) is 5.41. The van der Waals surface area contributed by atoms with E-state index in [0.29, 0.717) is 5.69 Å². The van der Waals surface area contributed by atoms with E-state index in [-0.39, 0.29) is 17.3 Å². The van der Waals surface area contributed by atoms with E-state index in [1.165, 1.54) is 0 Å². The van der Waals surface area contributed by atoms with Crippen LogP contribution in [0.3, 0.4) is 0 Å². The lowest BCUT2D eigenvalue weighted by Gasteiger charge is -2.48.